The van der Waals surface area contributed by atoms with E-state index in [9.17, 15) is 14.4 Å². The third kappa shape index (κ3) is 6.40. The molecule has 0 unspecified atom stereocenters. The first-order valence-corrected chi connectivity index (χ1v) is 19.8. The highest BCUT2D eigenvalue weighted by molar-refractivity contribution is 7.22. The van der Waals surface area contributed by atoms with Crippen molar-refractivity contribution in [2.24, 2.45) is 29.1 Å². The molecular formula is C38H46N6O5S2. The molecule has 4 aliphatic rings. The molecule has 270 valence electrons. The molecule has 8 rings (SSSR count). The first-order valence-electron chi connectivity index (χ1n) is 18.1. The summed E-state index contributed by atoms with van der Waals surface area (Å²) in [7, 11) is 1.70. The third-order valence-corrected chi connectivity index (χ3v) is 13.2. The van der Waals surface area contributed by atoms with Gasteiger partial charge < -0.3 is 19.4 Å². The number of aromatic nitrogens is 3. The number of hydrogen-bond acceptors (Lipinski definition) is 10. The van der Waals surface area contributed by atoms with Gasteiger partial charge in [0.2, 0.25) is 5.91 Å². The number of aryl methyl sites for hydroxylation is 1. The zero-order valence-electron chi connectivity index (χ0n) is 30.0. The molecule has 1 saturated heterocycles. The Bertz CT molecular complexity index is 2020. The quantitative estimate of drug-likeness (QED) is 0.239. The number of rotatable bonds is 6. The Morgan fingerprint density at radius 1 is 1.27 bits per heavy atom. The van der Waals surface area contributed by atoms with Gasteiger partial charge in [0, 0.05) is 60.5 Å². The summed E-state index contributed by atoms with van der Waals surface area (Å²) in [5.41, 5.74) is 7.87. The molecule has 4 aromatic heterocycles. The van der Waals surface area contributed by atoms with Crippen molar-refractivity contribution in [3.05, 3.63) is 46.0 Å². The minimum absolute atomic E-state index is 0.0754. The molecule has 4 aromatic rings. The minimum atomic E-state index is -0.800. The van der Waals surface area contributed by atoms with Gasteiger partial charge in [0.1, 0.15) is 16.9 Å². The number of thiazole rings is 1. The molecule has 7 atom stereocenters. The second kappa shape index (κ2) is 13.1. The zero-order chi connectivity index (χ0) is 35.8. The first-order chi connectivity index (χ1) is 24.5. The Hall–Kier alpha value is -3.65. The Labute approximate surface area is 306 Å². The van der Waals surface area contributed by atoms with Gasteiger partial charge >= 0.3 is 5.97 Å². The summed E-state index contributed by atoms with van der Waals surface area (Å²) in [6.07, 6.45) is 4.22. The van der Waals surface area contributed by atoms with Crippen LogP contribution >= 0.6 is 22.7 Å². The monoisotopic (exact) mass is 730 g/mol. The van der Waals surface area contributed by atoms with Gasteiger partial charge in [-0.25, -0.2) is 10.4 Å². The zero-order valence-corrected chi connectivity index (χ0v) is 31.7. The van der Waals surface area contributed by atoms with Crippen LogP contribution in [0.4, 0.5) is 0 Å². The van der Waals surface area contributed by atoms with Gasteiger partial charge in [0.05, 0.1) is 39.7 Å². The summed E-state index contributed by atoms with van der Waals surface area (Å²) in [5, 5.41) is 8.59. The SMILES string of the molecule is CCn1c(-c2cccnc2[C@H](C)OC)c2c3cc(sc31)-c1csc(n1)C[C@H](NC(=O)[C@H]1C[C@@H]1C)C(=O)N1C[C@H]3C[C@H]3[C@H](N1)C(=O)OCC(C)(C)C2. The summed E-state index contributed by atoms with van der Waals surface area (Å²) in [6, 6.07) is 4.91. The summed E-state index contributed by atoms with van der Waals surface area (Å²) >= 11 is 3.21. The number of ether oxygens (including phenoxy) is 2. The fraction of sp³-hybridized carbons (Fsp3) is 0.553. The van der Waals surface area contributed by atoms with E-state index in [-0.39, 0.29) is 54.7 Å². The van der Waals surface area contributed by atoms with E-state index in [1.165, 1.54) is 16.9 Å². The lowest BCUT2D eigenvalue weighted by Gasteiger charge is -2.35. The Morgan fingerprint density at radius 2 is 2.08 bits per heavy atom. The van der Waals surface area contributed by atoms with Crippen LogP contribution < -0.4 is 10.7 Å². The fourth-order valence-electron chi connectivity index (χ4n) is 7.91. The third-order valence-electron chi connectivity index (χ3n) is 11.1. The summed E-state index contributed by atoms with van der Waals surface area (Å²) in [6.45, 7) is 12.0. The molecule has 11 nitrogen and oxygen atoms in total. The number of carbonyl (C=O) groups is 3. The van der Waals surface area contributed by atoms with E-state index in [1.54, 1.807) is 23.5 Å². The Balaban J connectivity index is 1.24. The van der Waals surface area contributed by atoms with Gasteiger partial charge in [0.25, 0.3) is 5.91 Å². The molecule has 6 heterocycles. The molecule has 2 aliphatic carbocycles. The van der Waals surface area contributed by atoms with Gasteiger partial charge in [-0.15, -0.1) is 22.7 Å². The number of cyclic esters (lactones) is 1. The van der Waals surface area contributed by atoms with Crippen LogP contribution in [0.2, 0.25) is 0 Å². The molecule has 2 saturated carbocycles. The summed E-state index contributed by atoms with van der Waals surface area (Å²) in [4.78, 5) is 53.1. The van der Waals surface area contributed by atoms with E-state index in [0.717, 1.165) is 62.1 Å². The number of hydrogen-bond donors (Lipinski definition) is 2. The van der Waals surface area contributed by atoms with Gasteiger partial charge in [-0.1, -0.05) is 20.8 Å². The molecule has 0 aromatic carbocycles. The molecule has 2 aliphatic heterocycles. The Morgan fingerprint density at radius 3 is 2.82 bits per heavy atom. The maximum Gasteiger partial charge on any atom is 0.325 e. The molecule has 2 amide bonds. The van der Waals surface area contributed by atoms with Crippen molar-refractivity contribution in [2.45, 2.75) is 85.0 Å². The number of hydrazine groups is 1. The van der Waals surface area contributed by atoms with Crippen molar-refractivity contribution in [3.8, 4) is 21.8 Å². The topological polar surface area (TPSA) is 128 Å². The fourth-order valence-corrected chi connectivity index (χ4v) is 10.0. The normalized spacial score (nSPS) is 27.8. The van der Waals surface area contributed by atoms with Crippen LogP contribution in [0.25, 0.3) is 32.0 Å². The Kier molecular flexibility index (Phi) is 8.84. The van der Waals surface area contributed by atoms with Crippen LogP contribution in [-0.2, 0) is 43.2 Å². The molecule has 3 fully saturated rings. The standard InChI is InChI=1S/C38H46N6O5S2/c1-7-43-33(22-9-8-10-39-31(22)20(3)48-6)26-15-38(4,5)18-49-37(47)32-24-12-21(24)16-44(42-32)35(46)27(41-34(45)23-11-19(23)2)14-30-40-28(17-50-30)29-13-25(26)36(43)51-29/h8-10,13,17,19-21,23-24,27,32,42H,7,11-12,14-16,18H2,1-6H3,(H,41,45)/t19-,20-,21+,23-,24+,27-,32-/m0/s1. The minimum Gasteiger partial charge on any atom is -0.464 e. The van der Waals surface area contributed by atoms with E-state index >= 15 is 0 Å². The van der Waals surface area contributed by atoms with Crippen molar-refractivity contribution in [3.63, 3.8) is 0 Å². The highest BCUT2D eigenvalue weighted by Gasteiger charge is 2.53. The highest BCUT2D eigenvalue weighted by atomic mass is 32.1. The lowest BCUT2D eigenvalue weighted by atomic mass is 9.84. The van der Waals surface area contributed by atoms with E-state index in [0.29, 0.717) is 18.9 Å². The van der Waals surface area contributed by atoms with Crippen LogP contribution in [0.3, 0.4) is 0 Å². The first kappa shape index (κ1) is 34.4. The predicted octanol–water partition coefficient (Wildman–Crippen LogP) is 5.78. The lowest BCUT2D eigenvalue weighted by Crippen LogP contribution is -2.61. The summed E-state index contributed by atoms with van der Waals surface area (Å²) < 4.78 is 14.3. The van der Waals surface area contributed by atoms with Crippen LogP contribution in [0.5, 0.6) is 0 Å². The highest BCUT2D eigenvalue weighted by Crippen LogP contribution is 2.47. The molecule has 0 radical (unpaired) electrons. The average molecular weight is 731 g/mol. The van der Waals surface area contributed by atoms with Gasteiger partial charge in [-0.3, -0.25) is 24.4 Å². The second-order valence-corrected chi connectivity index (χ2v) is 17.6. The van der Waals surface area contributed by atoms with Crippen LogP contribution in [0.15, 0.2) is 29.8 Å². The number of esters is 1. The van der Waals surface area contributed by atoms with Crippen LogP contribution in [0, 0.1) is 29.1 Å². The van der Waals surface area contributed by atoms with Crippen molar-refractivity contribution in [1.29, 1.82) is 0 Å². The van der Waals surface area contributed by atoms with E-state index in [4.69, 9.17) is 19.4 Å². The molecule has 2 N–H and O–H groups in total. The smallest absolute Gasteiger partial charge is 0.325 e. The molecule has 13 heteroatoms. The number of nitrogens with one attached hydrogen (secondary N) is 2. The van der Waals surface area contributed by atoms with Crippen molar-refractivity contribution < 1.29 is 23.9 Å². The second-order valence-electron chi connectivity index (χ2n) is 15.6. The van der Waals surface area contributed by atoms with Crippen LogP contribution in [-0.4, -0.2) is 69.7 Å². The number of thiophene rings is 1. The largest absolute Gasteiger partial charge is 0.464 e. The van der Waals surface area contributed by atoms with Crippen LogP contribution in [0.1, 0.15) is 69.8 Å². The predicted molar refractivity (Wildman–Crippen MR) is 197 cm³/mol. The van der Waals surface area contributed by atoms with Crippen molar-refractivity contribution in [2.75, 3.05) is 20.3 Å². The number of pyridine rings is 1. The van der Waals surface area contributed by atoms with Gasteiger partial charge in [-0.2, -0.15) is 0 Å². The van der Waals surface area contributed by atoms with Gasteiger partial charge in [0.15, 0.2) is 0 Å². The number of methoxy groups -OCH3 is 1. The maximum absolute atomic E-state index is 14.1. The van der Waals surface area contributed by atoms with Gasteiger partial charge in [-0.05, 0) is 74.6 Å². The molecule has 51 heavy (non-hydrogen) atoms. The number of carbonyl (C=O) groups excluding carboxylic acids is 3. The molecule has 6 bridgehead atoms. The van der Waals surface area contributed by atoms with Crippen molar-refractivity contribution >= 4 is 50.7 Å². The molecular weight excluding hydrogens is 685 g/mol. The van der Waals surface area contributed by atoms with E-state index in [1.807, 2.05) is 19.2 Å². The van der Waals surface area contributed by atoms with Crippen molar-refractivity contribution in [1.82, 2.24) is 30.3 Å². The number of fused-ring (bicyclic) bond motifs is 8. The number of nitrogens with zero attached hydrogens (tertiary/aromatic N) is 4. The lowest BCUT2D eigenvalue weighted by molar-refractivity contribution is -0.156. The maximum atomic E-state index is 14.1. The molecule has 0 spiro atoms. The van der Waals surface area contributed by atoms with E-state index in [2.05, 4.69) is 60.5 Å². The number of amides is 2. The summed E-state index contributed by atoms with van der Waals surface area (Å²) in [5.74, 6) is -0.107. The average Bonchev–Trinajstić information content (AvgIpc) is 3.91. The van der Waals surface area contributed by atoms with E-state index < -0.39 is 17.5 Å².